The molecule has 1 spiro atoms. The molecular formula is C23H27N3O4. The predicted octanol–water partition coefficient (Wildman–Crippen LogP) is 1.65. The van der Waals surface area contributed by atoms with Crippen molar-refractivity contribution < 1.29 is 19.1 Å². The second kappa shape index (κ2) is 7.56. The van der Waals surface area contributed by atoms with Gasteiger partial charge in [0.05, 0.1) is 24.5 Å². The molecular weight excluding hydrogens is 382 g/mol. The number of methoxy groups -OCH3 is 1. The zero-order chi connectivity index (χ0) is 20.7. The van der Waals surface area contributed by atoms with Crippen LogP contribution in [0, 0.1) is 11.8 Å². The van der Waals surface area contributed by atoms with Crippen LogP contribution >= 0.6 is 0 Å². The van der Waals surface area contributed by atoms with Crippen molar-refractivity contribution in [1.29, 1.82) is 0 Å². The number of para-hydroxylation sites is 1. The number of ether oxygens (including phenoxy) is 2. The van der Waals surface area contributed by atoms with E-state index >= 15 is 0 Å². The quantitative estimate of drug-likeness (QED) is 0.513. The summed E-state index contributed by atoms with van der Waals surface area (Å²) in [4.78, 5) is 31.3. The van der Waals surface area contributed by atoms with Crippen LogP contribution in [0.3, 0.4) is 0 Å². The number of likely N-dealkylation sites (tertiary alicyclic amines) is 1. The zero-order valence-corrected chi connectivity index (χ0v) is 17.1. The molecule has 0 aliphatic carbocycles. The Hall–Kier alpha value is -2.64. The van der Waals surface area contributed by atoms with E-state index in [1.807, 2.05) is 35.4 Å². The Bertz CT molecular complexity index is 999. The van der Waals surface area contributed by atoms with Gasteiger partial charge in [-0.15, -0.1) is 0 Å². The lowest BCUT2D eigenvalue weighted by molar-refractivity contribution is -0.137. The van der Waals surface area contributed by atoms with E-state index in [1.165, 1.54) is 10.9 Å². The topological polar surface area (TPSA) is 83.7 Å². The molecule has 2 fully saturated rings. The third-order valence-electron chi connectivity index (χ3n) is 6.63. The van der Waals surface area contributed by atoms with Gasteiger partial charge in [0.2, 0.25) is 11.8 Å². The monoisotopic (exact) mass is 409 g/mol. The van der Waals surface area contributed by atoms with E-state index in [0.29, 0.717) is 26.2 Å². The first-order chi connectivity index (χ1) is 14.6. The lowest BCUT2D eigenvalue weighted by Crippen LogP contribution is -2.44. The van der Waals surface area contributed by atoms with Crippen molar-refractivity contribution >= 4 is 22.7 Å². The minimum absolute atomic E-state index is 0.0266. The van der Waals surface area contributed by atoms with Gasteiger partial charge in [-0.3, -0.25) is 9.59 Å². The van der Waals surface area contributed by atoms with E-state index in [2.05, 4.69) is 22.4 Å². The van der Waals surface area contributed by atoms with Crippen LogP contribution in [0.4, 0.5) is 0 Å². The SMILES string of the molecule is COCCCNC(=O)[C@@H]1[C@@H]2C=C[C@]3(CN(CCc4c[nH]c5ccccc45)C(=O)[C@@H]13)O2. The highest BCUT2D eigenvalue weighted by atomic mass is 16.5. The van der Waals surface area contributed by atoms with Gasteiger partial charge in [0.25, 0.3) is 0 Å². The van der Waals surface area contributed by atoms with Crippen LogP contribution in [0.5, 0.6) is 0 Å². The van der Waals surface area contributed by atoms with Crippen molar-refractivity contribution in [3.63, 3.8) is 0 Å². The van der Waals surface area contributed by atoms with Gasteiger partial charge < -0.3 is 24.7 Å². The molecule has 3 aliphatic heterocycles. The molecule has 4 heterocycles. The van der Waals surface area contributed by atoms with E-state index in [4.69, 9.17) is 9.47 Å². The van der Waals surface area contributed by atoms with E-state index in [9.17, 15) is 9.59 Å². The van der Waals surface area contributed by atoms with Crippen molar-refractivity contribution in [3.8, 4) is 0 Å². The summed E-state index contributed by atoms with van der Waals surface area (Å²) < 4.78 is 11.2. The molecule has 2 bridgehead atoms. The highest BCUT2D eigenvalue weighted by Gasteiger charge is 2.66. The molecule has 0 saturated carbocycles. The van der Waals surface area contributed by atoms with Crippen LogP contribution in [0.1, 0.15) is 12.0 Å². The van der Waals surface area contributed by atoms with Crippen LogP contribution < -0.4 is 5.32 Å². The number of aromatic nitrogens is 1. The first kappa shape index (κ1) is 19.3. The Labute approximate surface area is 175 Å². The van der Waals surface area contributed by atoms with Gasteiger partial charge in [0.1, 0.15) is 5.60 Å². The molecule has 0 unspecified atom stereocenters. The molecule has 5 rings (SSSR count). The number of nitrogens with zero attached hydrogens (tertiary/aromatic N) is 1. The number of fused-ring (bicyclic) bond motifs is 2. The van der Waals surface area contributed by atoms with Crippen LogP contribution in [0.25, 0.3) is 10.9 Å². The number of amides is 2. The van der Waals surface area contributed by atoms with Crippen LogP contribution in [-0.2, 0) is 25.5 Å². The number of carbonyl (C=O) groups is 2. The molecule has 0 radical (unpaired) electrons. The number of carbonyl (C=O) groups excluding carboxylic acids is 2. The van der Waals surface area contributed by atoms with E-state index in [-0.39, 0.29) is 17.9 Å². The number of H-pyrrole nitrogens is 1. The lowest BCUT2D eigenvalue weighted by Gasteiger charge is -2.23. The maximum atomic E-state index is 13.3. The normalized spacial score (nSPS) is 29.2. The largest absolute Gasteiger partial charge is 0.385 e. The van der Waals surface area contributed by atoms with Crippen molar-refractivity contribution in [3.05, 3.63) is 48.2 Å². The molecule has 158 valence electrons. The molecule has 3 aliphatic rings. The molecule has 7 nitrogen and oxygen atoms in total. The standard InChI is InChI=1S/C23H27N3O4/c1-29-12-4-10-24-21(27)19-18-7-9-23(30-18)14-26(22(28)20(19)23)11-8-15-13-25-17-6-3-2-5-16(15)17/h2-3,5-7,9,13,18-20,25H,4,8,10-12,14H2,1H3,(H,24,27)/t18-,19+,20+,23+/m0/s1. The van der Waals surface area contributed by atoms with Gasteiger partial charge >= 0.3 is 0 Å². The van der Waals surface area contributed by atoms with Crippen molar-refractivity contribution in [2.75, 3.05) is 33.4 Å². The van der Waals surface area contributed by atoms with E-state index < -0.39 is 17.4 Å². The van der Waals surface area contributed by atoms with Gasteiger partial charge in [-0.2, -0.15) is 0 Å². The predicted molar refractivity (Wildman–Crippen MR) is 112 cm³/mol. The molecule has 30 heavy (non-hydrogen) atoms. The average molecular weight is 409 g/mol. The summed E-state index contributed by atoms with van der Waals surface area (Å²) in [6.07, 6.45) is 7.17. The summed E-state index contributed by atoms with van der Waals surface area (Å²) in [6, 6.07) is 8.18. The van der Waals surface area contributed by atoms with Crippen molar-refractivity contribution in [2.45, 2.75) is 24.5 Å². The third-order valence-corrected chi connectivity index (χ3v) is 6.63. The first-order valence-electron chi connectivity index (χ1n) is 10.6. The molecule has 1 aromatic carbocycles. The van der Waals surface area contributed by atoms with Crippen LogP contribution in [0.2, 0.25) is 0 Å². The van der Waals surface area contributed by atoms with Crippen molar-refractivity contribution in [1.82, 2.24) is 15.2 Å². The Balaban J connectivity index is 1.27. The molecule has 1 aromatic heterocycles. The maximum absolute atomic E-state index is 13.3. The summed E-state index contributed by atoms with van der Waals surface area (Å²) in [5.74, 6) is -0.959. The Morgan fingerprint density at radius 3 is 3.13 bits per heavy atom. The average Bonchev–Trinajstić information content (AvgIpc) is 3.49. The fraction of sp³-hybridized carbons (Fsp3) is 0.478. The number of rotatable bonds is 8. The van der Waals surface area contributed by atoms with Crippen LogP contribution in [-0.4, -0.2) is 66.8 Å². The van der Waals surface area contributed by atoms with Crippen molar-refractivity contribution in [2.24, 2.45) is 11.8 Å². The van der Waals surface area contributed by atoms with E-state index in [1.54, 1.807) is 7.11 Å². The molecule has 7 heteroatoms. The van der Waals surface area contributed by atoms with Gasteiger partial charge in [-0.25, -0.2) is 0 Å². The fourth-order valence-electron chi connectivity index (χ4n) is 5.21. The molecule has 2 amide bonds. The number of benzene rings is 1. The Morgan fingerprint density at radius 1 is 1.40 bits per heavy atom. The van der Waals surface area contributed by atoms with E-state index in [0.717, 1.165) is 18.4 Å². The zero-order valence-electron chi connectivity index (χ0n) is 17.1. The number of hydrogen-bond acceptors (Lipinski definition) is 4. The summed E-state index contributed by atoms with van der Waals surface area (Å²) in [5.41, 5.74) is 1.64. The number of hydrogen-bond donors (Lipinski definition) is 2. The molecule has 2 aromatic rings. The fourth-order valence-corrected chi connectivity index (χ4v) is 5.21. The smallest absolute Gasteiger partial charge is 0.230 e. The lowest BCUT2D eigenvalue weighted by atomic mass is 9.77. The maximum Gasteiger partial charge on any atom is 0.230 e. The Kier molecular flexibility index (Phi) is 4.87. The highest BCUT2D eigenvalue weighted by molar-refractivity contribution is 5.93. The highest BCUT2D eigenvalue weighted by Crippen LogP contribution is 2.51. The molecule has 4 atom stereocenters. The third kappa shape index (κ3) is 3.04. The summed E-state index contributed by atoms with van der Waals surface area (Å²) in [7, 11) is 1.64. The van der Waals surface area contributed by atoms with Crippen LogP contribution in [0.15, 0.2) is 42.6 Å². The second-order valence-electron chi connectivity index (χ2n) is 8.41. The molecule has 2 saturated heterocycles. The summed E-state index contributed by atoms with van der Waals surface area (Å²) in [5, 5.41) is 4.14. The number of aromatic amines is 1. The Morgan fingerprint density at radius 2 is 2.27 bits per heavy atom. The van der Waals surface area contributed by atoms with Gasteiger partial charge in [-0.05, 0) is 24.5 Å². The van der Waals surface area contributed by atoms with Gasteiger partial charge in [0.15, 0.2) is 0 Å². The minimum atomic E-state index is -0.656. The summed E-state index contributed by atoms with van der Waals surface area (Å²) in [6.45, 7) is 2.26. The minimum Gasteiger partial charge on any atom is -0.385 e. The van der Waals surface area contributed by atoms with Gasteiger partial charge in [-0.1, -0.05) is 30.4 Å². The molecule has 2 N–H and O–H groups in total. The second-order valence-corrected chi connectivity index (χ2v) is 8.41. The number of nitrogens with one attached hydrogen (secondary N) is 2. The van der Waals surface area contributed by atoms with Gasteiger partial charge in [0, 0.05) is 43.9 Å². The first-order valence-corrected chi connectivity index (χ1v) is 10.6. The summed E-state index contributed by atoms with van der Waals surface area (Å²) >= 11 is 0.